The van der Waals surface area contributed by atoms with Crippen LogP contribution in [0.5, 0.6) is 5.75 Å². The van der Waals surface area contributed by atoms with Crippen molar-refractivity contribution in [3.8, 4) is 5.75 Å². The van der Waals surface area contributed by atoms with Crippen molar-refractivity contribution in [1.82, 2.24) is 9.97 Å². The number of aryl methyl sites for hydroxylation is 2. The summed E-state index contributed by atoms with van der Waals surface area (Å²) in [4.78, 5) is 9.07. The van der Waals surface area contributed by atoms with Gasteiger partial charge in [-0.15, -0.1) is 0 Å². The first-order valence-corrected chi connectivity index (χ1v) is 9.37. The quantitative estimate of drug-likeness (QED) is 0.526. The molecular weight excluding hydrogens is 336 g/mol. The Morgan fingerprint density at radius 1 is 0.963 bits per heavy atom. The molecule has 0 radical (unpaired) electrons. The van der Waals surface area contributed by atoms with Gasteiger partial charge in [-0.1, -0.05) is 42.5 Å². The minimum absolute atomic E-state index is 0.563. The molecule has 5 heteroatoms. The number of rotatable bonds is 9. The zero-order valence-electron chi connectivity index (χ0n) is 15.9. The van der Waals surface area contributed by atoms with Crippen molar-refractivity contribution in [3.05, 3.63) is 71.9 Å². The molecule has 0 fully saturated rings. The maximum absolute atomic E-state index is 5.66. The smallest absolute Gasteiger partial charge is 0.229 e. The van der Waals surface area contributed by atoms with Crippen molar-refractivity contribution in [2.45, 2.75) is 26.7 Å². The second-order valence-electron chi connectivity index (χ2n) is 6.29. The second-order valence-corrected chi connectivity index (χ2v) is 6.29. The number of anilines is 3. The summed E-state index contributed by atoms with van der Waals surface area (Å²) >= 11 is 0. The van der Waals surface area contributed by atoms with Crippen LogP contribution in [-0.4, -0.2) is 23.1 Å². The zero-order chi connectivity index (χ0) is 18.9. The molecule has 2 aromatic carbocycles. The number of hydrogen-bond donors (Lipinski definition) is 2. The van der Waals surface area contributed by atoms with Gasteiger partial charge in [0.2, 0.25) is 5.95 Å². The first-order chi connectivity index (χ1) is 13.2. The molecule has 140 valence electrons. The number of para-hydroxylation sites is 2. The van der Waals surface area contributed by atoms with Gasteiger partial charge in [0, 0.05) is 18.3 Å². The lowest BCUT2D eigenvalue weighted by molar-refractivity contribution is 0.342. The van der Waals surface area contributed by atoms with Crippen molar-refractivity contribution in [2.75, 3.05) is 23.8 Å². The Bertz CT molecular complexity index is 852. The Kier molecular flexibility index (Phi) is 6.63. The predicted molar refractivity (Wildman–Crippen MR) is 111 cm³/mol. The lowest BCUT2D eigenvalue weighted by Gasteiger charge is -2.13. The SMILES string of the molecule is CCOc1ccccc1Nc1nc(C)cc(NCCCc2ccccc2)n1. The largest absolute Gasteiger partial charge is 0.492 e. The molecule has 0 saturated heterocycles. The average Bonchev–Trinajstić information content (AvgIpc) is 2.67. The normalized spacial score (nSPS) is 10.4. The Morgan fingerprint density at radius 2 is 1.74 bits per heavy atom. The van der Waals surface area contributed by atoms with Crippen molar-refractivity contribution in [1.29, 1.82) is 0 Å². The van der Waals surface area contributed by atoms with Crippen molar-refractivity contribution >= 4 is 17.5 Å². The first kappa shape index (κ1) is 18.7. The highest BCUT2D eigenvalue weighted by Gasteiger charge is 2.07. The van der Waals surface area contributed by atoms with Gasteiger partial charge in [-0.2, -0.15) is 4.98 Å². The van der Waals surface area contributed by atoms with Gasteiger partial charge in [-0.25, -0.2) is 4.98 Å². The minimum Gasteiger partial charge on any atom is -0.492 e. The Morgan fingerprint density at radius 3 is 2.56 bits per heavy atom. The van der Waals surface area contributed by atoms with Gasteiger partial charge < -0.3 is 15.4 Å². The molecule has 0 aliphatic heterocycles. The molecular formula is C22H26N4O. The minimum atomic E-state index is 0.563. The molecule has 0 spiro atoms. The number of nitrogens with zero attached hydrogens (tertiary/aromatic N) is 2. The van der Waals surface area contributed by atoms with Crippen LogP contribution in [0.1, 0.15) is 24.6 Å². The van der Waals surface area contributed by atoms with Crippen LogP contribution < -0.4 is 15.4 Å². The van der Waals surface area contributed by atoms with Crippen LogP contribution in [0.2, 0.25) is 0 Å². The molecule has 0 saturated carbocycles. The average molecular weight is 362 g/mol. The van der Waals surface area contributed by atoms with Crippen LogP contribution in [0.3, 0.4) is 0 Å². The van der Waals surface area contributed by atoms with E-state index in [0.717, 1.165) is 42.3 Å². The number of ether oxygens (including phenoxy) is 1. The molecule has 0 aliphatic carbocycles. The van der Waals surface area contributed by atoms with Crippen molar-refractivity contribution in [3.63, 3.8) is 0 Å². The Balaban J connectivity index is 1.61. The lowest BCUT2D eigenvalue weighted by atomic mass is 10.1. The maximum atomic E-state index is 5.66. The summed E-state index contributed by atoms with van der Waals surface area (Å²) in [6.45, 7) is 5.41. The summed E-state index contributed by atoms with van der Waals surface area (Å²) in [6, 6.07) is 20.3. The van der Waals surface area contributed by atoms with Crippen LogP contribution in [0.15, 0.2) is 60.7 Å². The molecule has 0 aliphatic rings. The molecule has 2 N–H and O–H groups in total. The lowest BCUT2D eigenvalue weighted by Crippen LogP contribution is -2.08. The molecule has 27 heavy (non-hydrogen) atoms. The predicted octanol–water partition coefficient (Wildman–Crippen LogP) is 4.97. The van der Waals surface area contributed by atoms with Gasteiger partial charge in [0.15, 0.2) is 0 Å². The van der Waals surface area contributed by atoms with E-state index in [1.807, 2.05) is 50.2 Å². The van der Waals surface area contributed by atoms with Crippen molar-refractivity contribution in [2.24, 2.45) is 0 Å². The topological polar surface area (TPSA) is 59.1 Å². The third-order valence-corrected chi connectivity index (χ3v) is 4.08. The highest BCUT2D eigenvalue weighted by Crippen LogP contribution is 2.26. The fraction of sp³-hybridized carbons (Fsp3) is 0.273. The van der Waals surface area contributed by atoms with Crippen LogP contribution in [-0.2, 0) is 6.42 Å². The van der Waals surface area contributed by atoms with E-state index in [1.165, 1.54) is 5.56 Å². The maximum Gasteiger partial charge on any atom is 0.229 e. The van der Waals surface area contributed by atoms with E-state index in [9.17, 15) is 0 Å². The van der Waals surface area contributed by atoms with E-state index in [-0.39, 0.29) is 0 Å². The van der Waals surface area contributed by atoms with Crippen LogP contribution in [0, 0.1) is 6.92 Å². The third-order valence-electron chi connectivity index (χ3n) is 4.08. The molecule has 0 atom stereocenters. The summed E-state index contributed by atoms with van der Waals surface area (Å²) < 4.78 is 5.66. The van der Waals surface area contributed by atoms with Crippen LogP contribution in [0.4, 0.5) is 17.5 Å². The van der Waals surface area contributed by atoms with Gasteiger partial charge in [0.05, 0.1) is 12.3 Å². The summed E-state index contributed by atoms with van der Waals surface area (Å²) in [5, 5.41) is 6.67. The monoisotopic (exact) mass is 362 g/mol. The van der Waals surface area contributed by atoms with Gasteiger partial charge in [0.25, 0.3) is 0 Å². The molecule has 0 unspecified atom stereocenters. The molecule has 1 heterocycles. The van der Waals surface area contributed by atoms with Gasteiger partial charge >= 0.3 is 0 Å². The first-order valence-electron chi connectivity index (χ1n) is 9.37. The summed E-state index contributed by atoms with van der Waals surface area (Å²) in [5.74, 6) is 2.18. The zero-order valence-corrected chi connectivity index (χ0v) is 15.9. The summed E-state index contributed by atoms with van der Waals surface area (Å²) in [6.07, 6.45) is 2.09. The van der Waals surface area contributed by atoms with Crippen molar-refractivity contribution < 1.29 is 4.74 Å². The standard InChI is InChI=1S/C22H26N4O/c1-3-27-20-14-8-7-13-19(20)25-22-24-17(2)16-21(26-22)23-15-9-12-18-10-5-4-6-11-18/h4-8,10-11,13-14,16H,3,9,12,15H2,1-2H3,(H2,23,24,25,26). The highest BCUT2D eigenvalue weighted by molar-refractivity contribution is 5.63. The Hall–Kier alpha value is -3.08. The highest BCUT2D eigenvalue weighted by atomic mass is 16.5. The van der Waals surface area contributed by atoms with Gasteiger partial charge in [-0.3, -0.25) is 0 Å². The van der Waals surface area contributed by atoms with E-state index >= 15 is 0 Å². The summed E-state index contributed by atoms with van der Waals surface area (Å²) in [5.41, 5.74) is 3.12. The van der Waals surface area contributed by atoms with Crippen LogP contribution in [0.25, 0.3) is 0 Å². The second kappa shape index (κ2) is 9.57. The fourth-order valence-corrected chi connectivity index (χ4v) is 2.84. The number of aromatic nitrogens is 2. The molecule has 3 aromatic rings. The molecule has 1 aromatic heterocycles. The van der Waals surface area contributed by atoms with E-state index in [4.69, 9.17) is 4.74 Å². The van der Waals surface area contributed by atoms with Gasteiger partial charge in [0.1, 0.15) is 11.6 Å². The number of benzene rings is 2. The molecule has 3 rings (SSSR count). The Labute approximate surface area is 160 Å². The van der Waals surface area contributed by atoms with Gasteiger partial charge in [-0.05, 0) is 44.4 Å². The van der Waals surface area contributed by atoms with Crippen LogP contribution >= 0.6 is 0 Å². The van der Waals surface area contributed by atoms with E-state index in [1.54, 1.807) is 0 Å². The number of nitrogens with one attached hydrogen (secondary N) is 2. The molecule has 5 nitrogen and oxygen atoms in total. The summed E-state index contributed by atoms with van der Waals surface area (Å²) in [7, 11) is 0. The number of hydrogen-bond acceptors (Lipinski definition) is 5. The third kappa shape index (κ3) is 5.71. The van der Waals surface area contributed by atoms with E-state index in [0.29, 0.717) is 12.6 Å². The molecule has 0 amide bonds. The van der Waals surface area contributed by atoms with E-state index in [2.05, 4.69) is 44.9 Å². The fourth-order valence-electron chi connectivity index (χ4n) is 2.84. The molecule has 0 bridgehead atoms. The van der Waals surface area contributed by atoms with E-state index < -0.39 is 0 Å².